The number of benzene rings is 1. The van der Waals surface area contributed by atoms with E-state index < -0.39 is 0 Å². The molecule has 6 heteroatoms. The van der Waals surface area contributed by atoms with Crippen LogP contribution in [0.1, 0.15) is 6.92 Å². The molecule has 0 spiro atoms. The van der Waals surface area contributed by atoms with E-state index >= 15 is 0 Å². The van der Waals surface area contributed by atoms with Crippen LogP contribution in [0.25, 0.3) is 0 Å². The highest BCUT2D eigenvalue weighted by Crippen LogP contribution is 2.11. The molecule has 2 N–H and O–H groups in total. The van der Waals surface area contributed by atoms with Gasteiger partial charge < -0.3 is 10.6 Å². The van der Waals surface area contributed by atoms with Gasteiger partial charge in [-0.1, -0.05) is 0 Å². The van der Waals surface area contributed by atoms with Crippen LogP contribution in [0.5, 0.6) is 0 Å². The van der Waals surface area contributed by atoms with Gasteiger partial charge in [-0.05, 0) is 53.8 Å². The third-order valence-corrected chi connectivity index (χ3v) is 3.83. The summed E-state index contributed by atoms with van der Waals surface area (Å²) < 4.78 is 1.17. The second-order valence-corrected chi connectivity index (χ2v) is 5.82. The summed E-state index contributed by atoms with van der Waals surface area (Å²) in [5, 5.41) is 6.25. The summed E-state index contributed by atoms with van der Waals surface area (Å²) in [4.78, 5) is 14.1. The molecule has 0 aromatic heterocycles. The highest BCUT2D eigenvalue weighted by molar-refractivity contribution is 14.1. The number of nitrogens with one attached hydrogen (secondary N) is 2. The second-order valence-electron chi connectivity index (χ2n) is 4.58. The molecule has 2 rings (SSSR count). The lowest BCUT2D eigenvalue weighted by molar-refractivity contribution is -0.118. The van der Waals surface area contributed by atoms with Gasteiger partial charge >= 0.3 is 0 Å². The molecule has 1 atom stereocenters. The van der Waals surface area contributed by atoms with Gasteiger partial charge in [0.2, 0.25) is 5.91 Å². The number of rotatable bonds is 3. The molecule has 1 aliphatic rings. The first kappa shape index (κ1) is 16.7. The molecule has 1 heterocycles. The quantitative estimate of drug-likeness (QED) is 0.769. The molecule has 1 fully saturated rings. The van der Waals surface area contributed by atoms with Crippen molar-refractivity contribution >= 4 is 46.6 Å². The summed E-state index contributed by atoms with van der Waals surface area (Å²) in [5.41, 5.74) is 0.864. The van der Waals surface area contributed by atoms with Crippen molar-refractivity contribution in [3.63, 3.8) is 0 Å². The molecule has 1 saturated heterocycles. The highest BCUT2D eigenvalue weighted by Gasteiger charge is 2.20. The van der Waals surface area contributed by atoms with Gasteiger partial charge in [-0.3, -0.25) is 9.69 Å². The molecule has 0 radical (unpaired) electrons. The lowest BCUT2D eigenvalue weighted by Crippen LogP contribution is -2.51. The zero-order valence-electron chi connectivity index (χ0n) is 10.9. The largest absolute Gasteiger partial charge is 0.325 e. The van der Waals surface area contributed by atoms with Crippen molar-refractivity contribution < 1.29 is 4.79 Å². The van der Waals surface area contributed by atoms with Crippen LogP contribution >= 0.6 is 35.0 Å². The molecule has 106 valence electrons. The van der Waals surface area contributed by atoms with Gasteiger partial charge in [0, 0.05) is 34.9 Å². The summed E-state index contributed by atoms with van der Waals surface area (Å²) in [7, 11) is 0. The molecule has 1 aromatic carbocycles. The summed E-state index contributed by atoms with van der Waals surface area (Å²) in [6.07, 6.45) is 0. The molecular weight excluding hydrogens is 377 g/mol. The number of nitrogens with zero attached hydrogens (tertiary/aromatic N) is 1. The van der Waals surface area contributed by atoms with E-state index in [1.807, 2.05) is 24.3 Å². The molecule has 1 amide bonds. The van der Waals surface area contributed by atoms with E-state index in [9.17, 15) is 4.79 Å². The van der Waals surface area contributed by atoms with Crippen LogP contribution in [0.2, 0.25) is 0 Å². The topological polar surface area (TPSA) is 44.4 Å². The van der Waals surface area contributed by atoms with E-state index in [1.165, 1.54) is 3.57 Å². The molecule has 0 saturated carbocycles. The Kier molecular flexibility index (Phi) is 7.06. The zero-order valence-corrected chi connectivity index (χ0v) is 13.8. The van der Waals surface area contributed by atoms with Gasteiger partial charge in [0.15, 0.2) is 0 Å². The van der Waals surface area contributed by atoms with Crippen molar-refractivity contribution in [1.29, 1.82) is 0 Å². The number of hydrogen-bond donors (Lipinski definition) is 2. The fraction of sp³-hybridized carbons (Fsp3) is 0.462. The summed E-state index contributed by atoms with van der Waals surface area (Å²) in [5.74, 6) is 0.0601. The number of amides is 1. The number of hydrogen-bond acceptors (Lipinski definition) is 3. The van der Waals surface area contributed by atoms with E-state index in [-0.39, 0.29) is 18.3 Å². The fourth-order valence-corrected chi connectivity index (χ4v) is 2.40. The standard InChI is InChI=1S/C13H18IN3O.ClH/c1-10-8-15-6-7-17(10)9-13(18)16-12-4-2-11(14)3-5-12;/h2-5,10,15H,6-9H2,1H3,(H,16,18);1H/t10-;/m0./s1. The summed E-state index contributed by atoms with van der Waals surface area (Å²) in [6.45, 7) is 5.46. The van der Waals surface area contributed by atoms with E-state index in [0.29, 0.717) is 12.6 Å². The van der Waals surface area contributed by atoms with Gasteiger partial charge in [-0.2, -0.15) is 0 Å². The zero-order chi connectivity index (χ0) is 13.0. The van der Waals surface area contributed by atoms with Crippen LogP contribution in [0.4, 0.5) is 5.69 Å². The third-order valence-electron chi connectivity index (χ3n) is 3.11. The minimum Gasteiger partial charge on any atom is -0.325 e. The maximum absolute atomic E-state index is 11.9. The predicted molar refractivity (Wildman–Crippen MR) is 88.9 cm³/mol. The lowest BCUT2D eigenvalue weighted by Gasteiger charge is -2.33. The Morgan fingerprint density at radius 2 is 2.16 bits per heavy atom. The molecule has 0 bridgehead atoms. The molecule has 1 aromatic rings. The Morgan fingerprint density at radius 3 is 2.79 bits per heavy atom. The van der Waals surface area contributed by atoms with Crippen LogP contribution in [-0.2, 0) is 4.79 Å². The maximum atomic E-state index is 11.9. The van der Waals surface area contributed by atoms with Gasteiger partial charge in [-0.15, -0.1) is 12.4 Å². The van der Waals surface area contributed by atoms with E-state index in [2.05, 4.69) is 45.0 Å². The summed E-state index contributed by atoms with van der Waals surface area (Å²) in [6, 6.07) is 8.26. The van der Waals surface area contributed by atoms with Crippen LogP contribution in [0, 0.1) is 3.57 Å². The fourth-order valence-electron chi connectivity index (χ4n) is 2.04. The molecule has 1 aliphatic heterocycles. The number of carbonyl (C=O) groups is 1. The van der Waals surface area contributed by atoms with E-state index in [1.54, 1.807) is 0 Å². The smallest absolute Gasteiger partial charge is 0.238 e. The van der Waals surface area contributed by atoms with Crippen molar-refractivity contribution in [2.24, 2.45) is 0 Å². The van der Waals surface area contributed by atoms with Crippen molar-refractivity contribution in [1.82, 2.24) is 10.2 Å². The van der Waals surface area contributed by atoms with Crippen molar-refractivity contribution in [3.05, 3.63) is 27.8 Å². The molecule has 0 aliphatic carbocycles. The van der Waals surface area contributed by atoms with Gasteiger partial charge in [0.05, 0.1) is 6.54 Å². The van der Waals surface area contributed by atoms with Crippen LogP contribution in [-0.4, -0.2) is 43.0 Å². The van der Waals surface area contributed by atoms with Crippen molar-refractivity contribution in [2.45, 2.75) is 13.0 Å². The first-order chi connectivity index (χ1) is 8.65. The Morgan fingerprint density at radius 1 is 1.47 bits per heavy atom. The number of piperazine rings is 1. The third kappa shape index (κ3) is 5.25. The molecule has 0 unspecified atom stereocenters. The van der Waals surface area contributed by atoms with Gasteiger partial charge in [-0.25, -0.2) is 0 Å². The molecular formula is C13H19ClIN3O. The second kappa shape index (κ2) is 8.04. The Balaban J connectivity index is 0.00000180. The van der Waals surface area contributed by atoms with Crippen molar-refractivity contribution in [3.8, 4) is 0 Å². The van der Waals surface area contributed by atoms with E-state index in [4.69, 9.17) is 0 Å². The van der Waals surface area contributed by atoms with Crippen LogP contribution < -0.4 is 10.6 Å². The minimum absolute atomic E-state index is 0. The lowest BCUT2D eigenvalue weighted by atomic mass is 10.2. The average Bonchev–Trinajstić information content (AvgIpc) is 2.35. The normalized spacial score (nSPS) is 19.6. The molecule has 19 heavy (non-hydrogen) atoms. The van der Waals surface area contributed by atoms with Gasteiger partial charge in [0.1, 0.15) is 0 Å². The highest BCUT2D eigenvalue weighted by atomic mass is 127. The Labute approximate surface area is 133 Å². The van der Waals surface area contributed by atoms with Crippen LogP contribution in [0.15, 0.2) is 24.3 Å². The molecule has 4 nitrogen and oxygen atoms in total. The van der Waals surface area contributed by atoms with Gasteiger partial charge in [0.25, 0.3) is 0 Å². The van der Waals surface area contributed by atoms with Crippen molar-refractivity contribution in [2.75, 3.05) is 31.5 Å². The first-order valence-corrected chi connectivity index (χ1v) is 7.23. The Hall–Kier alpha value is -0.370. The predicted octanol–water partition coefficient (Wildman–Crippen LogP) is 1.95. The number of anilines is 1. The number of carbonyl (C=O) groups excluding carboxylic acids is 1. The van der Waals surface area contributed by atoms with E-state index in [0.717, 1.165) is 25.3 Å². The minimum atomic E-state index is 0. The number of halogens is 2. The monoisotopic (exact) mass is 395 g/mol. The SMILES string of the molecule is C[C@H]1CNCCN1CC(=O)Nc1ccc(I)cc1.Cl. The summed E-state index contributed by atoms with van der Waals surface area (Å²) >= 11 is 2.25. The van der Waals surface area contributed by atoms with Crippen LogP contribution in [0.3, 0.4) is 0 Å². The first-order valence-electron chi connectivity index (χ1n) is 6.15. The average molecular weight is 396 g/mol. The maximum Gasteiger partial charge on any atom is 0.238 e. The Bertz CT molecular complexity index is 413.